The number of aliphatic hydroxyl groups is 1. The summed E-state index contributed by atoms with van der Waals surface area (Å²) in [6.45, 7) is 0.324. The average Bonchev–Trinajstić information content (AvgIpc) is 2.62. The smallest absolute Gasteiger partial charge is 0.241 e. The van der Waals surface area contributed by atoms with Gasteiger partial charge >= 0.3 is 0 Å². The molecule has 1 rings (SSSR count). The molecule has 0 aliphatic carbocycles. The molecule has 0 fully saturated rings. The van der Waals surface area contributed by atoms with Gasteiger partial charge in [0.1, 0.15) is 6.54 Å². The van der Waals surface area contributed by atoms with Crippen molar-refractivity contribution in [2.45, 2.75) is 19.4 Å². The van der Waals surface area contributed by atoms with Crippen molar-refractivity contribution in [2.24, 2.45) is 0 Å². The van der Waals surface area contributed by atoms with Gasteiger partial charge in [-0.3, -0.25) is 4.79 Å². The van der Waals surface area contributed by atoms with Crippen LogP contribution in [0.15, 0.2) is 6.20 Å². The Morgan fingerprint density at radius 1 is 1.71 bits per heavy atom. The highest BCUT2D eigenvalue weighted by atomic mass is 16.2. The van der Waals surface area contributed by atoms with Gasteiger partial charge in [-0.2, -0.15) is 0 Å². The number of aryl methyl sites for hydroxylation is 1. The summed E-state index contributed by atoms with van der Waals surface area (Å²) >= 11 is 0. The maximum Gasteiger partial charge on any atom is 0.241 e. The van der Waals surface area contributed by atoms with Crippen molar-refractivity contribution in [1.82, 2.24) is 20.3 Å². The first-order chi connectivity index (χ1) is 6.76. The number of hydrogen-bond acceptors (Lipinski definition) is 4. The number of amides is 1. The highest BCUT2D eigenvalue weighted by Crippen LogP contribution is 1.97. The lowest BCUT2D eigenvalue weighted by molar-refractivity contribution is -0.121. The summed E-state index contributed by atoms with van der Waals surface area (Å²) in [5, 5.41) is 18.7. The van der Waals surface area contributed by atoms with E-state index in [1.54, 1.807) is 13.2 Å². The fourth-order valence-corrected chi connectivity index (χ4v) is 1.02. The van der Waals surface area contributed by atoms with Gasteiger partial charge in [0.25, 0.3) is 0 Å². The molecule has 6 heteroatoms. The van der Waals surface area contributed by atoms with Crippen molar-refractivity contribution in [1.29, 1.82) is 0 Å². The number of hydrogen-bond donors (Lipinski definition) is 2. The van der Waals surface area contributed by atoms with Crippen LogP contribution in [0.4, 0.5) is 0 Å². The molecule has 78 valence electrons. The molecular weight excluding hydrogens is 184 g/mol. The lowest BCUT2D eigenvalue weighted by Gasteiger charge is -1.97. The minimum atomic E-state index is -0.108. The second-order valence-electron chi connectivity index (χ2n) is 2.91. The zero-order chi connectivity index (χ0) is 10.4. The number of nitrogens with one attached hydrogen (secondary N) is 1. The molecule has 0 spiro atoms. The Morgan fingerprint density at radius 3 is 3.14 bits per heavy atom. The van der Waals surface area contributed by atoms with Crippen molar-refractivity contribution < 1.29 is 9.90 Å². The minimum Gasteiger partial charge on any atom is -0.396 e. The van der Waals surface area contributed by atoms with E-state index < -0.39 is 0 Å². The van der Waals surface area contributed by atoms with Crippen molar-refractivity contribution in [2.75, 3.05) is 13.7 Å². The van der Waals surface area contributed by atoms with Crippen LogP contribution < -0.4 is 5.32 Å². The van der Waals surface area contributed by atoms with Crippen LogP contribution in [0, 0.1) is 0 Å². The van der Waals surface area contributed by atoms with E-state index in [0.29, 0.717) is 12.8 Å². The van der Waals surface area contributed by atoms with E-state index in [2.05, 4.69) is 15.6 Å². The molecule has 1 heterocycles. The Hall–Kier alpha value is -1.43. The van der Waals surface area contributed by atoms with Gasteiger partial charge < -0.3 is 10.4 Å². The molecule has 0 unspecified atom stereocenters. The summed E-state index contributed by atoms with van der Waals surface area (Å²) < 4.78 is 1.48. The summed E-state index contributed by atoms with van der Waals surface area (Å²) in [5.74, 6) is -0.108. The topological polar surface area (TPSA) is 80.0 Å². The Morgan fingerprint density at radius 2 is 2.50 bits per heavy atom. The van der Waals surface area contributed by atoms with Crippen LogP contribution in [-0.4, -0.2) is 39.7 Å². The predicted octanol–water partition coefficient (Wildman–Crippen LogP) is -1.05. The van der Waals surface area contributed by atoms with E-state index in [4.69, 9.17) is 5.11 Å². The van der Waals surface area contributed by atoms with Gasteiger partial charge in [0.05, 0.1) is 5.69 Å². The lowest BCUT2D eigenvalue weighted by atomic mass is 10.3. The molecule has 0 bridgehead atoms. The van der Waals surface area contributed by atoms with Crippen LogP contribution in [0.5, 0.6) is 0 Å². The van der Waals surface area contributed by atoms with Gasteiger partial charge in [-0.1, -0.05) is 5.21 Å². The molecule has 0 aliphatic rings. The molecule has 0 saturated carbocycles. The molecule has 1 amide bonds. The normalized spacial score (nSPS) is 10.1. The molecule has 0 saturated heterocycles. The van der Waals surface area contributed by atoms with Crippen LogP contribution in [0.1, 0.15) is 12.1 Å². The Balaban J connectivity index is 2.46. The highest BCUT2D eigenvalue weighted by molar-refractivity contribution is 5.75. The fourth-order valence-electron chi connectivity index (χ4n) is 1.02. The third-order valence-corrected chi connectivity index (χ3v) is 1.76. The zero-order valence-electron chi connectivity index (χ0n) is 8.10. The number of rotatable bonds is 5. The summed E-state index contributed by atoms with van der Waals surface area (Å²) in [5.41, 5.74) is 0.794. The number of carbonyl (C=O) groups is 1. The first-order valence-corrected chi connectivity index (χ1v) is 4.46. The van der Waals surface area contributed by atoms with Gasteiger partial charge in [-0.15, -0.1) is 5.10 Å². The monoisotopic (exact) mass is 198 g/mol. The van der Waals surface area contributed by atoms with E-state index in [1.807, 2.05) is 0 Å². The second kappa shape index (κ2) is 5.33. The number of aromatic nitrogens is 3. The van der Waals surface area contributed by atoms with Gasteiger partial charge in [0, 0.05) is 19.9 Å². The molecule has 0 aliphatic heterocycles. The summed E-state index contributed by atoms with van der Waals surface area (Å²) in [6, 6.07) is 0. The molecule has 0 aromatic carbocycles. The second-order valence-corrected chi connectivity index (χ2v) is 2.91. The molecule has 1 aromatic rings. The third-order valence-electron chi connectivity index (χ3n) is 1.76. The van der Waals surface area contributed by atoms with Crippen molar-refractivity contribution in [3.05, 3.63) is 11.9 Å². The molecular formula is C8H14N4O2. The quantitative estimate of drug-likeness (QED) is 0.632. The Kier molecular flexibility index (Phi) is 4.06. The molecule has 14 heavy (non-hydrogen) atoms. The lowest BCUT2D eigenvalue weighted by Crippen LogP contribution is -2.23. The van der Waals surface area contributed by atoms with Crippen LogP contribution in [0.3, 0.4) is 0 Å². The summed E-state index contributed by atoms with van der Waals surface area (Å²) in [7, 11) is 1.58. The van der Waals surface area contributed by atoms with E-state index >= 15 is 0 Å². The Bertz CT molecular complexity index is 297. The van der Waals surface area contributed by atoms with E-state index in [0.717, 1.165) is 5.69 Å². The fraction of sp³-hybridized carbons (Fsp3) is 0.625. The van der Waals surface area contributed by atoms with Crippen molar-refractivity contribution in [3.8, 4) is 0 Å². The van der Waals surface area contributed by atoms with Crippen LogP contribution in [0.2, 0.25) is 0 Å². The van der Waals surface area contributed by atoms with E-state index in [1.165, 1.54) is 4.68 Å². The third kappa shape index (κ3) is 3.14. The van der Waals surface area contributed by atoms with Crippen LogP contribution in [0.25, 0.3) is 0 Å². The maximum absolute atomic E-state index is 11.0. The predicted molar refractivity (Wildman–Crippen MR) is 49.5 cm³/mol. The number of aliphatic hydroxyl groups excluding tert-OH is 1. The molecule has 2 N–H and O–H groups in total. The van der Waals surface area contributed by atoms with Gasteiger partial charge in [0.2, 0.25) is 5.91 Å². The maximum atomic E-state index is 11.0. The minimum absolute atomic E-state index is 0.108. The summed E-state index contributed by atoms with van der Waals surface area (Å²) in [6.07, 6.45) is 3.06. The van der Waals surface area contributed by atoms with Gasteiger partial charge in [0.15, 0.2) is 0 Å². The Labute approximate surface area is 81.9 Å². The molecule has 6 nitrogen and oxygen atoms in total. The zero-order valence-corrected chi connectivity index (χ0v) is 8.10. The standard InChI is InChI=1S/C8H14N4O2/c1-9-8(14)6-12-5-7(10-11-12)3-2-4-13/h5,13H,2-4,6H2,1H3,(H,9,14). The van der Waals surface area contributed by atoms with Crippen molar-refractivity contribution in [3.63, 3.8) is 0 Å². The first-order valence-electron chi connectivity index (χ1n) is 4.46. The van der Waals surface area contributed by atoms with Crippen LogP contribution >= 0.6 is 0 Å². The molecule has 0 radical (unpaired) electrons. The van der Waals surface area contributed by atoms with Gasteiger partial charge in [-0.05, 0) is 12.8 Å². The summed E-state index contributed by atoms with van der Waals surface area (Å²) in [4.78, 5) is 11.0. The van der Waals surface area contributed by atoms with E-state index in [9.17, 15) is 4.79 Å². The molecule has 0 atom stereocenters. The number of nitrogens with zero attached hydrogens (tertiary/aromatic N) is 3. The van der Waals surface area contributed by atoms with Gasteiger partial charge in [-0.25, -0.2) is 4.68 Å². The van der Waals surface area contributed by atoms with Crippen LogP contribution in [-0.2, 0) is 17.8 Å². The molecule has 1 aromatic heterocycles. The number of carbonyl (C=O) groups excluding carboxylic acids is 1. The van der Waals surface area contributed by atoms with Crippen molar-refractivity contribution >= 4 is 5.91 Å². The highest BCUT2D eigenvalue weighted by Gasteiger charge is 2.03. The average molecular weight is 198 g/mol. The van der Waals surface area contributed by atoms with E-state index in [-0.39, 0.29) is 19.1 Å². The first kappa shape index (κ1) is 10.6. The SMILES string of the molecule is CNC(=O)Cn1cc(CCCO)nn1. The number of likely N-dealkylation sites (N-methyl/N-ethyl adjacent to an activating group) is 1. The largest absolute Gasteiger partial charge is 0.396 e.